The lowest BCUT2D eigenvalue weighted by Gasteiger charge is -2.11. The Morgan fingerprint density at radius 2 is 1.73 bits per heavy atom. The monoisotopic (exact) mass is 506 g/mol. The van der Waals surface area contributed by atoms with Crippen LogP contribution in [0.25, 0.3) is 22.5 Å². The van der Waals surface area contributed by atoms with Gasteiger partial charge in [-0.05, 0) is 48.4 Å². The van der Waals surface area contributed by atoms with Crippen molar-refractivity contribution in [3.05, 3.63) is 88.4 Å². The number of hydrogen-bond acceptors (Lipinski definition) is 4. The number of carboxylic acid groups (broad SMARTS) is 1. The Morgan fingerprint density at radius 1 is 1.00 bits per heavy atom. The summed E-state index contributed by atoms with van der Waals surface area (Å²) in [5, 5.41) is 14.0. The zero-order valence-corrected chi connectivity index (χ0v) is 19.9. The lowest BCUT2D eigenvalue weighted by atomic mass is 10.1. The standard InChI is InChI=1S/C26H23BrN2O4/c1-17-12-25(33-16-26(30)31)20(13-21(17)27)22-14-23(19-10-6-7-11-24(19)32-2)29(28-22)15-18-8-4-3-5-9-18/h3-14H,15-16H2,1-2H3,(H,30,31). The van der Waals surface area contributed by atoms with Crippen molar-refractivity contribution in [3.8, 4) is 34.0 Å². The van der Waals surface area contributed by atoms with Crippen molar-refractivity contribution in [2.75, 3.05) is 13.7 Å². The Morgan fingerprint density at radius 3 is 2.45 bits per heavy atom. The molecule has 0 spiro atoms. The van der Waals surface area contributed by atoms with Gasteiger partial charge in [-0.25, -0.2) is 4.79 Å². The molecule has 0 amide bonds. The molecule has 6 nitrogen and oxygen atoms in total. The highest BCUT2D eigenvalue weighted by Gasteiger charge is 2.19. The number of hydrogen-bond donors (Lipinski definition) is 1. The SMILES string of the molecule is COc1ccccc1-c1cc(-c2cc(Br)c(C)cc2OCC(=O)O)nn1Cc1ccccc1. The van der Waals surface area contributed by atoms with E-state index in [1.165, 1.54) is 0 Å². The van der Waals surface area contributed by atoms with Gasteiger partial charge in [-0.3, -0.25) is 4.68 Å². The zero-order valence-electron chi connectivity index (χ0n) is 18.3. The smallest absolute Gasteiger partial charge is 0.341 e. The van der Waals surface area contributed by atoms with Crippen molar-refractivity contribution in [2.45, 2.75) is 13.5 Å². The van der Waals surface area contributed by atoms with Gasteiger partial charge >= 0.3 is 5.97 Å². The largest absolute Gasteiger partial charge is 0.496 e. The summed E-state index contributed by atoms with van der Waals surface area (Å²) in [6, 6.07) is 23.6. The Balaban J connectivity index is 1.87. The predicted molar refractivity (Wildman–Crippen MR) is 131 cm³/mol. The average molecular weight is 507 g/mol. The number of aliphatic carboxylic acids is 1. The fraction of sp³-hybridized carbons (Fsp3) is 0.154. The van der Waals surface area contributed by atoms with Gasteiger partial charge in [-0.15, -0.1) is 0 Å². The van der Waals surface area contributed by atoms with Gasteiger partial charge in [0.05, 0.1) is 25.0 Å². The van der Waals surface area contributed by atoms with Gasteiger partial charge in [-0.2, -0.15) is 5.10 Å². The minimum atomic E-state index is -1.04. The highest BCUT2D eigenvalue weighted by atomic mass is 79.9. The summed E-state index contributed by atoms with van der Waals surface area (Å²) in [6.45, 7) is 2.06. The third-order valence-electron chi connectivity index (χ3n) is 5.23. The van der Waals surface area contributed by atoms with Crippen LogP contribution in [0.5, 0.6) is 11.5 Å². The minimum Gasteiger partial charge on any atom is -0.496 e. The maximum atomic E-state index is 11.1. The van der Waals surface area contributed by atoms with Gasteiger partial charge in [0.25, 0.3) is 0 Å². The molecule has 1 N–H and O–H groups in total. The molecule has 0 saturated heterocycles. The fourth-order valence-electron chi connectivity index (χ4n) is 3.61. The lowest BCUT2D eigenvalue weighted by Crippen LogP contribution is -2.10. The molecule has 3 aromatic carbocycles. The molecule has 0 aliphatic carbocycles. The maximum Gasteiger partial charge on any atom is 0.341 e. The Labute approximate surface area is 200 Å². The number of methoxy groups -OCH3 is 1. The van der Waals surface area contributed by atoms with Crippen molar-refractivity contribution < 1.29 is 19.4 Å². The van der Waals surface area contributed by atoms with Gasteiger partial charge in [0.1, 0.15) is 11.5 Å². The molecule has 1 aromatic heterocycles. The first kappa shape index (κ1) is 22.6. The summed E-state index contributed by atoms with van der Waals surface area (Å²) in [5.41, 5.74) is 5.22. The molecular weight excluding hydrogens is 484 g/mol. The van der Waals surface area contributed by atoms with Crippen LogP contribution in [0.1, 0.15) is 11.1 Å². The van der Waals surface area contributed by atoms with E-state index in [0.717, 1.165) is 32.6 Å². The number of benzene rings is 3. The molecule has 0 saturated carbocycles. The summed E-state index contributed by atoms with van der Waals surface area (Å²) in [5.74, 6) is 0.172. The summed E-state index contributed by atoms with van der Waals surface area (Å²) in [6.07, 6.45) is 0. The lowest BCUT2D eigenvalue weighted by molar-refractivity contribution is -0.139. The number of nitrogens with zero attached hydrogens (tertiary/aromatic N) is 2. The summed E-state index contributed by atoms with van der Waals surface area (Å²) >= 11 is 3.58. The van der Waals surface area contributed by atoms with E-state index in [-0.39, 0.29) is 0 Å². The topological polar surface area (TPSA) is 73.6 Å². The van der Waals surface area contributed by atoms with E-state index in [1.807, 2.05) is 72.3 Å². The molecule has 168 valence electrons. The van der Waals surface area contributed by atoms with Gasteiger partial charge in [-0.1, -0.05) is 58.4 Å². The van der Waals surface area contributed by atoms with Crippen LogP contribution in [0.3, 0.4) is 0 Å². The van der Waals surface area contributed by atoms with Crippen molar-refractivity contribution in [2.24, 2.45) is 0 Å². The molecule has 4 aromatic rings. The maximum absolute atomic E-state index is 11.1. The van der Waals surface area contributed by atoms with Crippen molar-refractivity contribution >= 4 is 21.9 Å². The number of rotatable bonds is 8. The molecule has 0 radical (unpaired) electrons. The predicted octanol–water partition coefficient (Wildman–Crippen LogP) is 5.81. The molecule has 0 atom stereocenters. The van der Waals surface area contributed by atoms with Crippen molar-refractivity contribution in [1.82, 2.24) is 9.78 Å². The molecule has 1 heterocycles. The van der Waals surface area contributed by atoms with E-state index in [2.05, 4.69) is 28.1 Å². The average Bonchev–Trinajstić information content (AvgIpc) is 3.23. The van der Waals surface area contributed by atoms with Crippen LogP contribution in [0, 0.1) is 6.92 Å². The highest BCUT2D eigenvalue weighted by molar-refractivity contribution is 9.10. The van der Waals surface area contributed by atoms with Gasteiger partial charge in [0, 0.05) is 15.6 Å². The number of carboxylic acids is 1. The van der Waals surface area contributed by atoms with Gasteiger partial charge in [0.2, 0.25) is 0 Å². The normalized spacial score (nSPS) is 10.8. The van der Waals surface area contributed by atoms with E-state index >= 15 is 0 Å². The van der Waals surface area contributed by atoms with E-state index in [4.69, 9.17) is 19.7 Å². The highest BCUT2D eigenvalue weighted by Crippen LogP contribution is 2.38. The number of carbonyl (C=O) groups is 1. The van der Waals surface area contributed by atoms with Crippen LogP contribution in [-0.4, -0.2) is 34.6 Å². The quantitative estimate of drug-likeness (QED) is 0.326. The number of ether oxygens (including phenoxy) is 2. The summed E-state index contributed by atoms with van der Waals surface area (Å²) < 4.78 is 14.0. The molecular formula is C26H23BrN2O4. The molecule has 0 bridgehead atoms. The van der Waals surface area contributed by atoms with E-state index < -0.39 is 12.6 Å². The number of aromatic nitrogens is 2. The molecule has 0 aliphatic rings. The Bertz CT molecular complexity index is 1280. The number of halogens is 1. The first-order chi connectivity index (χ1) is 16.0. The van der Waals surface area contributed by atoms with E-state index in [1.54, 1.807) is 7.11 Å². The zero-order chi connectivity index (χ0) is 23.4. The van der Waals surface area contributed by atoms with E-state index in [9.17, 15) is 4.79 Å². The molecule has 0 aliphatic heterocycles. The second kappa shape index (κ2) is 9.92. The molecule has 4 rings (SSSR count). The van der Waals surface area contributed by atoms with E-state index in [0.29, 0.717) is 23.6 Å². The second-order valence-corrected chi connectivity index (χ2v) is 8.39. The van der Waals surface area contributed by atoms with Crippen molar-refractivity contribution in [3.63, 3.8) is 0 Å². The van der Waals surface area contributed by atoms with Crippen LogP contribution >= 0.6 is 15.9 Å². The van der Waals surface area contributed by atoms with Crippen molar-refractivity contribution in [1.29, 1.82) is 0 Å². The van der Waals surface area contributed by atoms with Crippen LogP contribution in [0.2, 0.25) is 0 Å². The first-order valence-electron chi connectivity index (χ1n) is 10.4. The van der Waals surface area contributed by atoms with Gasteiger partial charge in [0.15, 0.2) is 6.61 Å². The Kier molecular flexibility index (Phi) is 6.79. The van der Waals surface area contributed by atoms with Crippen LogP contribution in [0.15, 0.2) is 77.3 Å². The molecule has 7 heteroatoms. The third-order valence-corrected chi connectivity index (χ3v) is 6.08. The molecule has 0 fully saturated rings. The first-order valence-corrected chi connectivity index (χ1v) is 11.2. The number of aryl methyl sites for hydroxylation is 1. The second-order valence-electron chi connectivity index (χ2n) is 7.54. The fourth-order valence-corrected chi connectivity index (χ4v) is 3.96. The van der Waals surface area contributed by atoms with Crippen LogP contribution in [-0.2, 0) is 11.3 Å². The summed E-state index contributed by atoms with van der Waals surface area (Å²) in [4.78, 5) is 11.1. The molecule has 33 heavy (non-hydrogen) atoms. The van der Waals surface area contributed by atoms with Crippen LogP contribution in [0.4, 0.5) is 0 Å². The number of para-hydroxylation sites is 1. The minimum absolute atomic E-state index is 0.432. The Hall–Kier alpha value is -3.58. The van der Waals surface area contributed by atoms with Gasteiger partial charge < -0.3 is 14.6 Å². The third kappa shape index (κ3) is 5.09. The molecule has 0 unspecified atom stereocenters. The van der Waals surface area contributed by atoms with Crippen LogP contribution < -0.4 is 9.47 Å². The summed E-state index contributed by atoms with van der Waals surface area (Å²) in [7, 11) is 1.65.